The molecule has 0 aliphatic rings. The van der Waals surface area contributed by atoms with Crippen LogP contribution in [0, 0.1) is 0 Å². The monoisotopic (exact) mass is 293 g/mol. The average Bonchev–Trinajstić information content (AvgIpc) is 2.45. The Morgan fingerprint density at radius 3 is 2.75 bits per heavy atom. The number of aromatic nitrogens is 1. The third-order valence-corrected chi connectivity index (χ3v) is 3.62. The van der Waals surface area contributed by atoms with Gasteiger partial charge in [0.15, 0.2) is 0 Å². The highest BCUT2D eigenvalue weighted by Gasteiger charge is 2.11. The number of nitrogens with zero attached hydrogens (tertiary/aromatic N) is 1. The number of nitrogens with two attached hydrogens (primary N) is 1. The van der Waals surface area contributed by atoms with Gasteiger partial charge in [-0.3, -0.25) is 4.98 Å². The summed E-state index contributed by atoms with van der Waals surface area (Å²) in [5.41, 5.74) is 1.53. The second kappa shape index (κ2) is 5.89. The van der Waals surface area contributed by atoms with Crippen LogP contribution in [0.1, 0.15) is 5.56 Å². The Kier molecular flexibility index (Phi) is 4.21. The fourth-order valence-corrected chi connectivity index (χ4v) is 2.24. The van der Waals surface area contributed by atoms with Gasteiger partial charge in [-0.15, -0.1) is 0 Å². The van der Waals surface area contributed by atoms with E-state index in [9.17, 15) is 8.42 Å². The molecule has 6 nitrogen and oxygen atoms in total. The Labute approximate surface area is 117 Å². The van der Waals surface area contributed by atoms with Crippen molar-refractivity contribution in [2.24, 2.45) is 5.14 Å². The molecule has 106 valence electrons. The first-order valence-corrected chi connectivity index (χ1v) is 7.39. The largest absolute Gasteiger partial charge is 0.495 e. The molecule has 2 aromatic rings. The van der Waals surface area contributed by atoms with Gasteiger partial charge in [0.05, 0.1) is 17.7 Å². The fourth-order valence-electron chi connectivity index (χ4n) is 1.70. The van der Waals surface area contributed by atoms with Gasteiger partial charge in [0.2, 0.25) is 10.0 Å². The van der Waals surface area contributed by atoms with E-state index in [1.165, 1.54) is 19.2 Å². The van der Waals surface area contributed by atoms with Gasteiger partial charge in [-0.1, -0.05) is 6.07 Å². The summed E-state index contributed by atoms with van der Waals surface area (Å²) in [5.74, 6) is 0.543. The van der Waals surface area contributed by atoms with E-state index in [1.807, 2.05) is 12.1 Å². The minimum absolute atomic E-state index is 0.0342. The summed E-state index contributed by atoms with van der Waals surface area (Å²) in [5, 5.41) is 8.23. The number of pyridine rings is 1. The van der Waals surface area contributed by atoms with E-state index in [0.717, 1.165) is 5.56 Å². The molecule has 2 rings (SSSR count). The fraction of sp³-hybridized carbons (Fsp3) is 0.154. The van der Waals surface area contributed by atoms with E-state index in [-0.39, 0.29) is 4.90 Å². The van der Waals surface area contributed by atoms with Crippen molar-refractivity contribution in [1.29, 1.82) is 0 Å². The molecular weight excluding hydrogens is 278 g/mol. The number of anilines is 1. The van der Waals surface area contributed by atoms with E-state index in [4.69, 9.17) is 9.88 Å². The zero-order valence-corrected chi connectivity index (χ0v) is 11.7. The predicted molar refractivity (Wildman–Crippen MR) is 75.9 cm³/mol. The number of ether oxygens (including phenoxy) is 1. The molecule has 0 amide bonds. The third kappa shape index (κ3) is 3.46. The van der Waals surface area contributed by atoms with E-state index in [2.05, 4.69) is 10.3 Å². The quantitative estimate of drug-likeness (QED) is 0.867. The highest BCUT2D eigenvalue weighted by atomic mass is 32.2. The van der Waals surface area contributed by atoms with Crippen LogP contribution in [0.5, 0.6) is 5.75 Å². The molecule has 3 N–H and O–H groups in total. The first-order chi connectivity index (χ1) is 9.50. The molecule has 0 spiro atoms. The maximum Gasteiger partial charge on any atom is 0.238 e. The summed E-state index contributed by atoms with van der Waals surface area (Å²) in [7, 11) is -2.23. The zero-order valence-electron chi connectivity index (χ0n) is 10.9. The topological polar surface area (TPSA) is 94.3 Å². The van der Waals surface area contributed by atoms with Crippen molar-refractivity contribution in [2.75, 3.05) is 12.4 Å². The minimum Gasteiger partial charge on any atom is -0.495 e. The summed E-state index contributed by atoms with van der Waals surface area (Å²) >= 11 is 0. The normalized spacial score (nSPS) is 11.1. The van der Waals surface area contributed by atoms with Crippen LogP contribution in [-0.4, -0.2) is 20.5 Å². The molecule has 0 atom stereocenters. The van der Waals surface area contributed by atoms with E-state index in [1.54, 1.807) is 18.5 Å². The maximum atomic E-state index is 11.4. The van der Waals surface area contributed by atoms with Gasteiger partial charge in [-0.05, 0) is 29.8 Å². The average molecular weight is 293 g/mol. The first-order valence-electron chi connectivity index (χ1n) is 5.84. The molecule has 1 aromatic carbocycles. The van der Waals surface area contributed by atoms with Crippen molar-refractivity contribution in [1.82, 2.24) is 4.98 Å². The lowest BCUT2D eigenvalue weighted by Gasteiger charge is -2.12. The second-order valence-corrected chi connectivity index (χ2v) is 5.68. The lowest BCUT2D eigenvalue weighted by Crippen LogP contribution is -2.13. The molecule has 0 bridgehead atoms. The Morgan fingerprint density at radius 1 is 1.35 bits per heavy atom. The summed E-state index contributed by atoms with van der Waals surface area (Å²) in [6, 6.07) is 8.16. The number of sulfonamides is 1. The molecule has 0 aliphatic carbocycles. The van der Waals surface area contributed by atoms with Crippen LogP contribution in [0.4, 0.5) is 5.69 Å². The minimum atomic E-state index is -3.74. The SMILES string of the molecule is COc1ccc(S(N)(=O)=O)cc1NCc1cccnc1. The number of methoxy groups -OCH3 is 1. The lowest BCUT2D eigenvalue weighted by molar-refractivity contribution is 0.416. The Morgan fingerprint density at radius 2 is 2.15 bits per heavy atom. The molecule has 0 unspecified atom stereocenters. The van der Waals surface area contributed by atoms with Gasteiger partial charge >= 0.3 is 0 Å². The van der Waals surface area contributed by atoms with Crippen LogP contribution >= 0.6 is 0 Å². The number of nitrogens with one attached hydrogen (secondary N) is 1. The van der Waals surface area contributed by atoms with E-state index < -0.39 is 10.0 Å². The standard InChI is InChI=1S/C13H15N3O3S/c1-19-13-5-4-11(20(14,17)18)7-12(13)16-9-10-3-2-6-15-8-10/h2-8,16H,9H2,1H3,(H2,14,17,18). The van der Waals surface area contributed by atoms with Crippen LogP contribution in [0.25, 0.3) is 0 Å². The van der Waals surface area contributed by atoms with Gasteiger partial charge in [-0.25, -0.2) is 13.6 Å². The number of hydrogen-bond acceptors (Lipinski definition) is 5. The smallest absolute Gasteiger partial charge is 0.238 e. The van der Waals surface area contributed by atoms with Crippen LogP contribution in [0.3, 0.4) is 0 Å². The van der Waals surface area contributed by atoms with Crippen molar-refractivity contribution in [3.63, 3.8) is 0 Å². The van der Waals surface area contributed by atoms with Gasteiger partial charge in [0.25, 0.3) is 0 Å². The van der Waals surface area contributed by atoms with Crippen molar-refractivity contribution in [2.45, 2.75) is 11.4 Å². The molecule has 0 fully saturated rings. The van der Waals surface area contributed by atoms with Crippen LogP contribution < -0.4 is 15.2 Å². The summed E-state index contributed by atoms with van der Waals surface area (Å²) in [4.78, 5) is 4.04. The van der Waals surface area contributed by atoms with Crippen molar-refractivity contribution >= 4 is 15.7 Å². The molecule has 0 aliphatic heterocycles. The molecule has 20 heavy (non-hydrogen) atoms. The highest BCUT2D eigenvalue weighted by molar-refractivity contribution is 7.89. The molecular formula is C13H15N3O3S. The summed E-state index contributed by atoms with van der Waals surface area (Å²) in [6.45, 7) is 0.498. The number of rotatable bonds is 5. The Hall–Kier alpha value is -2.12. The second-order valence-electron chi connectivity index (χ2n) is 4.12. The summed E-state index contributed by atoms with van der Waals surface area (Å²) < 4.78 is 27.9. The van der Waals surface area contributed by atoms with Crippen molar-refractivity contribution < 1.29 is 13.2 Å². The Balaban J connectivity index is 2.25. The molecule has 0 saturated heterocycles. The summed E-state index contributed by atoms with van der Waals surface area (Å²) in [6.07, 6.45) is 3.41. The molecule has 0 saturated carbocycles. The van der Waals surface area contributed by atoms with Gasteiger partial charge in [-0.2, -0.15) is 0 Å². The first kappa shape index (κ1) is 14.3. The highest BCUT2D eigenvalue weighted by Crippen LogP contribution is 2.27. The third-order valence-electron chi connectivity index (χ3n) is 2.71. The maximum absolute atomic E-state index is 11.4. The Bertz CT molecular complexity index is 687. The van der Waals surface area contributed by atoms with E-state index >= 15 is 0 Å². The van der Waals surface area contributed by atoms with Gasteiger partial charge in [0, 0.05) is 18.9 Å². The van der Waals surface area contributed by atoms with E-state index in [0.29, 0.717) is 18.0 Å². The number of hydrogen-bond donors (Lipinski definition) is 2. The van der Waals surface area contributed by atoms with Crippen LogP contribution in [-0.2, 0) is 16.6 Å². The number of benzene rings is 1. The van der Waals surface area contributed by atoms with Crippen LogP contribution in [0.2, 0.25) is 0 Å². The van der Waals surface area contributed by atoms with Crippen LogP contribution in [0.15, 0.2) is 47.6 Å². The zero-order chi connectivity index (χ0) is 14.6. The van der Waals surface area contributed by atoms with Crippen molar-refractivity contribution in [3.8, 4) is 5.75 Å². The molecule has 0 radical (unpaired) electrons. The van der Waals surface area contributed by atoms with Crippen molar-refractivity contribution in [3.05, 3.63) is 48.3 Å². The molecule has 1 heterocycles. The van der Waals surface area contributed by atoms with Gasteiger partial charge in [0.1, 0.15) is 5.75 Å². The molecule has 1 aromatic heterocycles. The number of primary sulfonamides is 1. The predicted octanol–water partition coefficient (Wildman–Crippen LogP) is 1.35. The van der Waals surface area contributed by atoms with Gasteiger partial charge < -0.3 is 10.1 Å². The lowest BCUT2D eigenvalue weighted by atomic mass is 10.2. The molecule has 7 heteroatoms.